The molecule has 0 aliphatic carbocycles. The van der Waals surface area contributed by atoms with Gasteiger partial charge in [-0.25, -0.2) is 4.52 Å². The molecule has 0 atom stereocenters. The number of hydrogen-bond donors (Lipinski definition) is 2. The zero-order valence-electron chi connectivity index (χ0n) is 7.05. The van der Waals surface area contributed by atoms with Crippen LogP contribution in [-0.4, -0.2) is 19.8 Å². The molecule has 0 unspecified atom stereocenters. The Morgan fingerprint density at radius 1 is 1.36 bits per heavy atom. The van der Waals surface area contributed by atoms with Gasteiger partial charge in [-0.15, -0.1) is 10.2 Å². The minimum Gasteiger partial charge on any atom is -0.394 e. The van der Waals surface area contributed by atoms with Crippen LogP contribution in [0.4, 0.5) is 18.9 Å². The molecule has 0 amide bonds. The van der Waals surface area contributed by atoms with Gasteiger partial charge in [0.1, 0.15) is 0 Å². The number of alkyl halides is 3. The summed E-state index contributed by atoms with van der Waals surface area (Å²) < 4.78 is 37.7. The van der Waals surface area contributed by atoms with Gasteiger partial charge in [-0.1, -0.05) is 0 Å². The van der Waals surface area contributed by atoms with E-state index in [0.29, 0.717) is 5.69 Å². The Hall–Kier alpha value is -1.73. The maximum absolute atomic E-state index is 12.3. The summed E-state index contributed by atoms with van der Waals surface area (Å²) in [5.74, 6) is -1.10. The molecule has 0 bridgehead atoms. The average molecular weight is 205 g/mol. The number of nitrogens with zero attached hydrogens (tertiary/aromatic N) is 3. The monoisotopic (exact) mass is 205 g/mol. The molecule has 0 fully saturated rings. The van der Waals surface area contributed by atoms with Crippen LogP contribution in [-0.2, 0) is 6.18 Å². The number of halogens is 3. The summed E-state index contributed by atoms with van der Waals surface area (Å²) in [5, 5.41) is 8.78. The lowest BCUT2D eigenvalue weighted by Crippen LogP contribution is -2.11. The Kier molecular flexibility index (Phi) is 1.52. The van der Waals surface area contributed by atoms with Crippen LogP contribution >= 0.6 is 0 Å². The quantitative estimate of drug-likeness (QED) is 0.673. The molecular formula is C6H6F3N5. The molecule has 0 spiro atoms. The van der Waals surface area contributed by atoms with Crippen LogP contribution in [0.2, 0.25) is 0 Å². The molecule has 76 valence electrons. The summed E-state index contributed by atoms with van der Waals surface area (Å²) in [6.45, 7) is 1.56. The molecule has 0 saturated carbocycles. The average Bonchev–Trinajstić information content (AvgIpc) is 2.54. The van der Waals surface area contributed by atoms with Gasteiger partial charge in [-0.2, -0.15) is 13.2 Å². The summed E-state index contributed by atoms with van der Waals surface area (Å²) in [7, 11) is 0. The summed E-state index contributed by atoms with van der Waals surface area (Å²) in [5.41, 5.74) is 6.07. The highest BCUT2D eigenvalue weighted by molar-refractivity contribution is 5.66. The van der Waals surface area contributed by atoms with Crippen LogP contribution in [0.25, 0.3) is 5.65 Å². The Labute approximate surface area is 75.7 Å². The van der Waals surface area contributed by atoms with E-state index in [1.807, 2.05) is 0 Å². The van der Waals surface area contributed by atoms with Crippen molar-refractivity contribution in [2.24, 2.45) is 0 Å². The fourth-order valence-electron chi connectivity index (χ4n) is 1.14. The maximum Gasteiger partial charge on any atom is 0.453 e. The van der Waals surface area contributed by atoms with Crippen molar-refractivity contribution in [1.82, 2.24) is 19.8 Å². The molecule has 2 rings (SSSR count). The highest BCUT2D eigenvalue weighted by atomic mass is 19.4. The number of aryl methyl sites for hydroxylation is 1. The highest BCUT2D eigenvalue weighted by Gasteiger charge is 2.38. The number of nitrogen functional groups attached to an aromatic ring is 1. The van der Waals surface area contributed by atoms with Crippen molar-refractivity contribution in [1.29, 1.82) is 0 Å². The van der Waals surface area contributed by atoms with Crippen molar-refractivity contribution < 1.29 is 13.2 Å². The molecule has 0 radical (unpaired) electrons. The lowest BCUT2D eigenvalue weighted by Gasteiger charge is -2.00. The largest absolute Gasteiger partial charge is 0.453 e. The smallest absolute Gasteiger partial charge is 0.394 e. The molecule has 0 aliphatic heterocycles. The highest BCUT2D eigenvalue weighted by Crippen LogP contribution is 2.29. The predicted molar refractivity (Wildman–Crippen MR) is 41.5 cm³/mol. The number of hydrogen-bond acceptors (Lipinski definition) is 3. The fourth-order valence-corrected chi connectivity index (χ4v) is 1.14. The van der Waals surface area contributed by atoms with Crippen molar-refractivity contribution in [2.45, 2.75) is 13.1 Å². The van der Waals surface area contributed by atoms with E-state index in [4.69, 9.17) is 5.73 Å². The van der Waals surface area contributed by atoms with Crippen LogP contribution in [0.5, 0.6) is 0 Å². The van der Waals surface area contributed by atoms with E-state index in [9.17, 15) is 13.2 Å². The molecule has 2 aromatic rings. The van der Waals surface area contributed by atoms with Gasteiger partial charge in [0.15, 0.2) is 0 Å². The van der Waals surface area contributed by atoms with E-state index < -0.39 is 12.0 Å². The van der Waals surface area contributed by atoms with Gasteiger partial charge in [-0.3, -0.25) is 5.10 Å². The Balaban J connectivity index is 2.76. The van der Waals surface area contributed by atoms with Crippen LogP contribution in [0.1, 0.15) is 11.5 Å². The van der Waals surface area contributed by atoms with Crippen LogP contribution in [0.15, 0.2) is 0 Å². The van der Waals surface area contributed by atoms with Crippen LogP contribution in [0.3, 0.4) is 0 Å². The van der Waals surface area contributed by atoms with E-state index in [2.05, 4.69) is 15.3 Å². The number of aromatic amines is 1. The number of fused-ring (bicyclic) bond motifs is 1. The second-order valence-electron chi connectivity index (χ2n) is 2.83. The van der Waals surface area contributed by atoms with Gasteiger partial charge >= 0.3 is 6.18 Å². The normalized spacial score (nSPS) is 12.6. The lowest BCUT2D eigenvalue weighted by molar-refractivity contribution is -0.146. The first-order chi connectivity index (χ1) is 6.41. The van der Waals surface area contributed by atoms with Gasteiger partial charge < -0.3 is 5.73 Å². The minimum absolute atomic E-state index is 0.00479. The zero-order valence-corrected chi connectivity index (χ0v) is 7.05. The molecule has 0 aromatic carbocycles. The standard InChI is InChI=1S/C6H6F3N5/c1-2-3(10)4-11-12-5(6(7,8)9)14(4)13-2/h13H,10H2,1H3. The number of anilines is 1. The second-order valence-corrected chi connectivity index (χ2v) is 2.83. The van der Waals surface area contributed by atoms with E-state index >= 15 is 0 Å². The number of nitrogens with one attached hydrogen (secondary N) is 1. The first kappa shape index (κ1) is 8.85. The number of H-pyrrole nitrogens is 1. The predicted octanol–water partition coefficient (Wildman–Crippen LogP) is 0.967. The van der Waals surface area contributed by atoms with Crippen LogP contribution < -0.4 is 5.73 Å². The van der Waals surface area contributed by atoms with Crippen molar-refractivity contribution in [3.63, 3.8) is 0 Å². The van der Waals surface area contributed by atoms with E-state index in [1.54, 1.807) is 6.92 Å². The minimum atomic E-state index is -4.54. The molecule has 8 heteroatoms. The molecule has 0 aliphatic rings. The van der Waals surface area contributed by atoms with Crippen molar-refractivity contribution in [3.05, 3.63) is 11.5 Å². The third kappa shape index (κ3) is 1.03. The molecule has 5 nitrogen and oxygen atoms in total. The van der Waals surface area contributed by atoms with Gasteiger partial charge in [0.2, 0.25) is 5.65 Å². The topological polar surface area (TPSA) is 72.0 Å². The van der Waals surface area contributed by atoms with Crippen LogP contribution in [0, 0.1) is 6.92 Å². The summed E-state index contributed by atoms with van der Waals surface area (Å²) >= 11 is 0. The Morgan fingerprint density at radius 3 is 2.57 bits per heavy atom. The van der Waals surface area contributed by atoms with Crippen molar-refractivity contribution in [3.8, 4) is 0 Å². The lowest BCUT2D eigenvalue weighted by atomic mass is 10.4. The van der Waals surface area contributed by atoms with E-state index in [-0.39, 0.29) is 11.3 Å². The Bertz CT molecular complexity index is 479. The zero-order chi connectivity index (χ0) is 10.5. The second kappa shape index (κ2) is 2.40. The third-order valence-electron chi connectivity index (χ3n) is 1.84. The number of aromatic nitrogens is 4. The maximum atomic E-state index is 12.3. The van der Waals surface area contributed by atoms with Gasteiger partial charge in [-0.05, 0) is 6.92 Å². The van der Waals surface area contributed by atoms with Gasteiger partial charge in [0.25, 0.3) is 5.82 Å². The van der Waals surface area contributed by atoms with Gasteiger partial charge in [0, 0.05) is 0 Å². The fraction of sp³-hybridized carbons (Fsp3) is 0.333. The molecule has 14 heavy (non-hydrogen) atoms. The first-order valence-corrected chi connectivity index (χ1v) is 3.67. The van der Waals surface area contributed by atoms with E-state index in [0.717, 1.165) is 4.52 Å². The van der Waals surface area contributed by atoms with Gasteiger partial charge in [0.05, 0.1) is 11.4 Å². The molecular weight excluding hydrogens is 199 g/mol. The van der Waals surface area contributed by atoms with Crippen molar-refractivity contribution >= 4 is 11.3 Å². The molecule has 0 saturated heterocycles. The molecule has 2 aromatic heterocycles. The summed E-state index contributed by atoms with van der Waals surface area (Å²) in [6.07, 6.45) is -4.54. The van der Waals surface area contributed by atoms with Crippen molar-refractivity contribution in [2.75, 3.05) is 5.73 Å². The summed E-state index contributed by atoms with van der Waals surface area (Å²) in [6, 6.07) is 0. The molecule has 3 N–H and O–H groups in total. The molecule has 2 heterocycles. The number of rotatable bonds is 0. The number of nitrogens with two attached hydrogens (primary N) is 1. The van der Waals surface area contributed by atoms with E-state index in [1.165, 1.54) is 0 Å². The summed E-state index contributed by atoms with van der Waals surface area (Å²) in [4.78, 5) is 0. The first-order valence-electron chi connectivity index (χ1n) is 3.67. The third-order valence-corrected chi connectivity index (χ3v) is 1.84. The SMILES string of the molecule is Cc1[nH]n2c(C(F)(F)F)nnc2c1N. The Morgan fingerprint density at radius 2 is 2.00 bits per heavy atom.